The molecule has 0 saturated heterocycles. The molecule has 21 heavy (non-hydrogen) atoms. The van der Waals surface area contributed by atoms with Crippen molar-refractivity contribution in [1.29, 1.82) is 0 Å². The Kier molecular flexibility index (Phi) is 5.96. The summed E-state index contributed by atoms with van der Waals surface area (Å²) in [6.07, 6.45) is 0.759. The molecule has 0 saturated carbocycles. The molecule has 2 aromatic carbocycles. The Labute approximate surface area is 141 Å². The summed E-state index contributed by atoms with van der Waals surface area (Å²) >= 11 is 6.78. The highest BCUT2D eigenvalue weighted by Gasteiger charge is 2.10. The van der Waals surface area contributed by atoms with Crippen LogP contribution >= 0.6 is 31.9 Å². The lowest BCUT2D eigenvalue weighted by molar-refractivity contribution is 0.102. The minimum absolute atomic E-state index is 0.137. The minimum Gasteiger partial charge on any atom is -0.384 e. The van der Waals surface area contributed by atoms with E-state index in [9.17, 15) is 4.79 Å². The molecule has 3 nitrogen and oxygen atoms in total. The molecule has 0 unspecified atom stereocenters. The predicted octanol–water partition coefficient (Wildman–Crippen LogP) is 4.65. The second-order valence-corrected chi connectivity index (χ2v) is 6.34. The second kappa shape index (κ2) is 7.73. The molecule has 0 spiro atoms. The van der Waals surface area contributed by atoms with E-state index in [1.807, 2.05) is 30.3 Å². The van der Waals surface area contributed by atoms with Gasteiger partial charge in [-0.05, 0) is 36.2 Å². The number of anilines is 1. The summed E-state index contributed by atoms with van der Waals surface area (Å²) in [4.78, 5) is 12.4. The van der Waals surface area contributed by atoms with E-state index in [-0.39, 0.29) is 5.91 Å². The van der Waals surface area contributed by atoms with Gasteiger partial charge >= 0.3 is 0 Å². The summed E-state index contributed by atoms with van der Waals surface area (Å²) in [6.45, 7) is 0.620. The molecule has 0 aliphatic heterocycles. The first kappa shape index (κ1) is 16.2. The van der Waals surface area contributed by atoms with Crippen LogP contribution in [0.1, 0.15) is 15.9 Å². The maximum Gasteiger partial charge on any atom is 0.255 e. The third-order valence-electron chi connectivity index (χ3n) is 2.97. The number of nitrogens with one attached hydrogen (secondary N) is 1. The summed E-state index contributed by atoms with van der Waals surface area (Å²) < 4.78 is 6.81. The van der Waals surface area contributed by atoms with E-state index in [4.69, 9.17) is 4.74 Å². The van der Waals surface area contributed by atoms with Crippen LogP contribution in [0.3, 0.4) is 0 Å². The van der Waals surface area contributed by atoms with Crippen molar-refractivity contribution >= 4 is 43.5 Å². The van der Waals surface area contributed by atoms with Gasteiger partial charge in [0.15, 0.2) is 0 Å². The predicted molar refractivity (Wildman–Crippen MR) is 91.8 cm³/mol. The molecule has 5 heteroatoms. The maximum absolute atomic E-state index is 12.4. The van der Waals surface area contributed by atoms with Crippen LogP contribution in [0, 0.1) is 0 Å². The molecule has 2 aromatic rings. The number of hydrogen-bond donors (Lipinski definition) is 1. The minimum atomic E-state index is -0.137. The normalized spacial score (nSPS) is 10.4. The largest absolute Gasteiger partial charge is 0.384 e. The topological polar surface area (TPSA) is 38.3 Å². The molecule has 2 rings (SSSR count). The first-order valence-corrected chi connectivity index (χ1v) is 8.03. The van der Waals surface area contributed by atoms with Crippen LogP contribution in [-0.2, 0) is 11.2 Å². The first-order valence-electron chi connectivity index (χ1n) is 6.44. The molecule has 0 aromatic heterocycles. The second-order valence-electron chi connectivity index (χ2n) is 4.51. The molecule has 0 fully saturated rings. The number of halogens is 2. The van der Waals surface area contributed by atoms with E-state index in [0.29, 0.717) is 12.2 Å². The van der Waals surface area contributed by atoms with Crippen molar-refractivity contribution in [2.24, 2.45) is 0 Å². The Morgan fingerprint density at radius 2 is 1.81 bits per heavy atom. The zero-order valence-electron chi connectivity index (χ0n) is 11.5. The van der Waals surface area contributed by atoms with Crippen molar-refractivity contribution in [3.05, 3.63) is 62.5 Å². The van der Waals surface area contributed by atoms with E-state index in [1.54, 1.807) is 19.2 Å². The highest BCUT2D eigenvalue weighted by molar-refractivity contribution is 9.11. The number of benzene rings is 2. The van der Waals surface area contributed by atoms with E-state index in [2.05, 4.69) is 37.2 Å². The van der Waals surface area contributed by atoms with Crippen LogP contribution in [0.5, 0.6) is 0 Å². The lowest BCUT2D eigenvalue weighted by atomic mass is 10.1. The number of para-hydroxylation sites is 1. The SMILES string of the molecule is COCCc1ccccc1NC(=O)c1cc(Br)cc(Br)c1. The highest BCUT2D eigenvalue weighted by Crippen LogP contribution is 2.22. The van der Waals surface area contributed by atoms with Crippen LogP contribution in [0.2, 0.25) is 0 Å². The lowest BCUT2D eigenvalue weighted by Gasteiger charge is -2.11. The van der Waals surface area contributed by atoms with Gasteiger partial charge in [-0.3, -0.25) is 4.79 Å². The number of rotatable bonds is 5. The average Bonchev–Trinajstić information content (AvgIpc) is 2.45. The zero-order valence-corrected chi connectivity index (χ0v) is 14.7. The number of hydrogen-bond acceptors (Lipinski definition) is 2. The third kappa shape index (κ3) is 4.66. The fourth-order valence-corrected chi connectivity index (χ4v) is 3.25. The van der Waals surface area contributed by atoms with Crippen molar-refractivity contribution in [3.63, 3.8) is 0 Å². The third-order valence-corrected chi connectivity index (χ3v) is 3.88. The number of carbonyl (C=O) groups is 1. The van der Waals surface area contributed by atoms with Gasteiger partial charge in [-0.1, -0.05) is 50.1 Å². The van der Waals surface area contributed by atoms with Gasteiger partial charge in [-0.2, -0.15) is 0 Å². The molecular formula is C16H15Br2NO2. The molecule has 0 heterocycles. The van der Waals surface area contributed by atoms with Gasteiger partial charge in [0, 0.05) is 27.3 Å². The average molecular weight is 413 g/mol. The van der Waals surface area contributed by atoms with Crippen molar-refractivity contribution < 1.29 is 9.53 Å². The standard InChI is InChI=1S/C16H15Br2NO2/c1-21-7-6-11-4-2-3-5-15(11)19-16(20)12-8-13(17)10-14(18)9-12/h2-5,8-10H,6-7H2,1H3,(H,19,20). The van der Waals surface area contributed by atoms with Gasteiger partial charge in [0.25, 0.3) is 5.91 Å². The lowest BCUT2D eigenvalue weighted by Crippen LogP contribution is -2.13. The Morgan fingerprint density at radius 3 is 2.48 bits per heavy atom. The Balaban J connectivity index is 2.19. The van der Waals surface area contributed by atoms with Crippen molar-refractivity contribution in [2.45, 2.75) is 6.42 Å². The zero-order chi connectivity index (χ0) is 15.2. The number of carbonyl (C=O) groups excluding carboxylic acids is 1. The molecule has 1 amide bonds. The monoisotopic (exact) mass is 411 g/mol. The van der Waals surface area contributed by atoms with E-state index in [0.717, 1.165) is 26.6 Å². The highest BCUT2D eigenvalue weighted by atomic mass is 79.9. The molecule has 0 atom stereocenters. The van der Waals surface area contributed by atoms with Gasteiger partial charge < -0.3 is 10.1 Å². The van der Waals surface area contributed by atoms with Crippen molar-refractivity contribution in [2.75, 3.05) is 19.0 Å². The summed E-state index contributed by atoms with van der Waals surface area (Å²) in [6, 6.07) is 13.2. The summed E-state index contributed by atoms with van der Waals surface area (Å²) in [5, 5.41) is 2.95. The van der Waals surface area contributed by atoms with E-state index in [1.165, 1.54) is 0 Å². The molecule has 0 radical (unpaired) electrons. The van der Waals surface area contributed by atoms with E-state index < -0.39 is 0 Å². The van der Waals surface area contributed by atoms with Crippen molar-refractivity contribution in [3.8, 4) is 0 Å². The smallest absolute Gasteiger partial charge is 0.255 e. The number of amides is 1. The van der Waals surface area contributed by atoms with Crippen LogP contribution in [0.25, 0.3) is 0 Å². The quantitative estimate of drug-likeness (QED) is 0.775. The van der Waals surface area contributed by atoms with Crippen LogP contribution in [-0.4, -0.2) is 19.6 Å². The van der Waals surface area contributed by atoms with E-state index >= 15 is 0 Å². The summed E-state index contributed by atoms with van der Waals surface area (Å²) in [7, 11) is 1.67. The van der Waals surface area contributed by atoms with Gasteiger partial charge in [0.1, 0.15) is 0 Å². The van der Waals surface area contributed by atoms with Gasteiger partial charge in [0.05, 0.1) is 6.61 Å². The van der Waals surface area contributed by atoms with Gasteiger partial charge in [-0.15, -0.1) is 0 Å². The van der Waals surface area contributed by atoms with Crippen LogP contribution in [0.4, 0.5) is 5.69 Å². The molecule has 0 aliphatic carbocycles. The Morgan fingerprint density at radius 1 is 1.14 bits per heavy atom. The molecule has 0 bridgehead atoms. The van der Waals surface area contributed by atoms with Crippen molar-refractivity contribution in [1.82, 2.24) is 0 Å². The number of ether oxygens (including phenoxy) is 1. The fraction of sp³-hybridized carbons (Fsp3) is 0.188. The summed E-state index contributed by atoms with van der Waals surface area (Å²) in [5.74, 6) is -0.137. The van der Waals surface area contributed by atoms with Gasteiger partial charge in [0.2, 0.25) is 0 Å². The molecule has 110 valence electrons. The van der Waals surface area contributed by atoms with Gasteiger partial charge in [-0.25, -0.2) is 0 Å². The Bertz CT molecular complexity index is 624. The molecular weight excluding hydrogens is 398 g/mol. The first-order chi connectivity index (χ1) is 10.1. The summed E-state index contributed by atoms with van der Waals surface area (Å²) in [5.41, 5.74) is 2.47. The fourth-order valence-electron chi connectivity index (χ4n) is 1.95. The van der Waals surface area contributed by atoms with Crippen LogP contribution < -0.4 is 5.32 Å². The molecule has 0 aliphatic rings. The molecule has 1 N–H and O–H groups in total. The number of methoxy groups -OCH3 is 1. The maximum atomic E-state index is 12.4. The van der Waals surface area contributed by atoms with Crippen LogP contribution in [0.15, 0.2) is 51.4 Å². The Hall–Kier alpha value is -1.17.